The zero-order valence-corrected chi connectivity index (χ0v) is 19.6. The maximum absolute atomic E-state index is 14.4. The van der Waals surface area contributed by atoms with Crippen LogP contribution in [0, 0.1) is 0 Å². The van der Waals surface area contributed by atoms with E-state index in [1.54, 1.807) is 24.3 Å². The number of imide groups is 1. The lowest BCUT2D eigenvalue weighted by molar-refractivity contribution is 0.0925. The molecule has 1 saturated heterocycles. The van der Waals surface area contributed by atoms with Crippen molar-refractivity contribution in [2.45, 2.75) is 19.3 Å². The SMILES string of the molecule is O=C1c2ccccc2C(=O)N1c1c(N2CCCCC2)nc(-c2ccccc2)n(-c2ccccc2)c1=O. The smallest absolute Gasteiger partial charge is 0.285 e. The Morgan fingerprint density at radius 3 is 1.81 bits per heavy atom. The molecule has 4 aromatic rings. The molecule has 0 bridgehead atoms. The maximum atomic E-state index is 14.4. The first-order valence-electron chi connectivity index (χ1n) is 12.2. The lowest BCUT2D eigenvalue weighted by atomic mass is 10.1. The molecule has 178 valence electrons. The van der Waals surface area contributed by atoms with Crippen LogP contribution in [0.15, 0.2) is 89.7 Å². The topological polar surface area (TPSA) is 75.5 Å². The van der Waals surface area contributed by atoms with E-state index in [9.17, 15) is 14.4 Å². The third-order valence-corrected chi connectivity index (χ3v) is 6.76. The number of hydrogen-bond acceptors (Lipinski definition) is 5. The molecule has 0 saturated carbocycles. The van der Waals surface area contributed by atoms with Gasteiger partial charge in [-0.25, -0.2) is 9.88 Å². The van der Waals surface area contributed by atoms with Crippen molar-refractivity contribution in [2.75, 3.05) is 22.9 Å². The van der Waals surface area contributed by atoms with Gasteiger partial charge in [-0.15, -0.1) is 0 Å². The van der Waals surface area contributed by atoms with E-state index in [0.29, 0.717) is 41.5 Å². The van der Waals surface area contributed by atoms with Crippen molar-refractivity contribution >= 4 is 23.3 Å². The molecule has 0 atom stereocenters. The molecule has 6 rings (SSSR count). The first-order chi connectivity index (χ1) is 17.6. The lowest BCUT2D eigenvalue weighted by Gasteiger charge is -2.31. The summed E-state index contributed by atoms with van der Waals surface area (Å²) in [6.45, 7) is 1.40. The van der Waals surface area contributed by atoms with Crippen LogP contribution < -0.4 is 15.4 Å². The molecule has 7 heteroatoms. The number of para-hydroxylation sites is 1. The summed E-state index contributed by atoms with van der Waals surface area (Å²) in [6.07, 6.45) is 2.99. The average molecular weight is 477 g/mol. The van der Waals surface area contributed by atoms with Crippen LogP contribution in [0.25, 0.3) is 17.1 Å². The summed E-state index contributed by atoms with van der Waals surface area (Å²) in [7, 11) is 0. The molecule has 0 N–H and O–H groups in total. The highest BCUT2D eigenvalue weighted by Crippen LogP contribution is 2.35. The van der Waals surface area contributed by atoms with Crippen molar-refractivity contribution < 1.29 is 9.59 Å². The van der Waals surface area contributed by atoms with E-state index >= 15 is 0 Å². The van der Waals surface area contributed by atoms with Gasteiger partial charge >= 0.3 is 0 Å². The van der Waals surface area contributed by atoms with Crippen molar-refractivity contribution in [1.29, 1.82) is 0 Å². The molecule has 2 amide bonds. The quantitative estimate of drug-likeness (QED) is 0.400. The number of hydrogen-bond donors (Lipinski definition) is 0. The number of carbonyl (C=O) groups excluding carboxylic acids is 2. The van der Waals surface area contributed by atoms with E-state index in [-0.39, 0.29) is 5.69 Å². The molecule has 3 heterocycles. The molecule has 36 heavy (non-hydrogen) atoms. The zero-order chi connectivity index (χ0) is 24.6. The molecule has 3 aromatic carbocycles. The predicted molar refractivity (Wildman–Crippen MR) is 139 cm³/mol. The number of benzene rings is 3. The van der Waals surface area contributed by atoms with Crippen molar-refractivity contribution in [3.8, 4) is 17.1 Å². The summed E-state index contributed by atoms with van der Waals surface area (Å²) < 4.78 is 1.50. The van der Waals surface area contributed by atoms with Gasteiger partial charge in [-0.1, -0.05) is 60.7 Å². The highest BCUT2D eigenvalue weighted by molar-refractivity contribution is 6.35. The van der Waals surface area contributed by atoms with Gasteiger partial charge in [-0.2, -0.15) is 0 Å². The first-order valence-corrected chi connectivity index (χ1v) is 12.2. The summed E-state index contributed by atoms with van der Waals surface area (Å²) >= 11 is 0. The molecular formula is C29H24N4O3. The Hall–Kier alpha value is -4.52. The highest BCUT2D eigenvalue weighted by Gasteiger charge is 2.41. The van der Waals surface area contributed by atoms with E-state index in [2.05, 4.69) is 0 Å². The fourth-order valence-corrected chi connectivity index (χ4v) is 5.01. The Balaban J connectivity index is 1.66. The Morgan fingerprint density at radius 2 is 1.19 bits per heavy atom. The zero-order valence-electron chi connectivity index (χ0n) is 19.6. The van der Waals surface area contributed by atoms with Crippen LogP contribution in [-0.4, -0.2) is 34.5 Å². The van der Waals surface area contributed by atoms with E-state index < -0.39 is 17.4 Å². The molecule has 2 aliphatic rings. The fraction of sp³-hybridized carbons (Fsp3) is 0.172. The van der Waals surface area contributed by atoms with E-state index in [0.717, 1.165) is 29.7 Å². The largest absolute Gasteiger partial charge is 0.355 e. The highest BCUT2D eigenvalue weighted by atomic mass is 16.2. The van der Waals surface area contributed by atoms with Crippen LogP contribution in [0.4, 0.5) is 11.5 Å². The summed E-state index contributed by atoms with van der Waals surface area (Å²) in [5, 5.41) is 0. The minimum atomic E-state index is -0.500. The predicted octanol–water partition coefficient (Wildman–Crippen LogP) is 4.69. The van der Waals surface area contributed by atoms with Crippen molar-refractivity contribution in [3.05, 3.63) is 106 Å². The second-order valence-corrected chi connectivity index (χ2v) is 8.99. The minimum absolute atomic E-state index is 0.00614. The van der Waals surface area contributed by atoms with E-state index in [4.69, 9.17) is 4.98 Å². The molecule has 0 aliphatic carbocycles. The Morgan fingerprint density at radius 1 is 0.639 bits per heavy atom. The average Bonchev–Trinajstić information content (AvgIpc) is 3.19. The maximum Gasteiger partial charge on any atom is 0.285 e. The number of rotatable bonds is 4. The minimum Gasteiger partial charge on any atom is -0.355 e. The van der Waals surface area contributed by atoms with Gasteiger partial charge in [0.25, 0.3) is 17.4 Å². The van der Waals surface area contributed by atoms with E-state index in [1.165, 1.54) is 4.57 Å². The van der Waals surface area contributed by atoms with Gasteiger partial charge in [0, 0.05) is 18.7 Å². The van der Waals surface area contributed by atoms with Crippen molar-refractivity contribution in [1.82, 2.24) is 9.55 Å². The third kappa shape index (κ3) is 3.51. The number of piperidine rings is 1. The number of carbonyl (C=O) groups is 2. The van der Waals surface area contributed by atoms with Gasteiger partial charge in [-0.3, -0.25) is 19.0 Å². The number of fused-ring (bicyclic) bond motifs is 1. The fourth-order valence-electron chi connectivity index (χ4n) is 5.01. The van der Waals surface area contributed by atoms with Gasteiger partial charge < -0.3 is 4.90 Å². The van der Waals surface area contributed by atoms with Crippen LogP contribution in [0.1, 0.15) is 40.0 Å². The first kappa shape index (κ1) is 22.0. The van der Waals surface area contributed by atoms with Crippen LogP contribution in [0.5, 0.6) is 0 Å². The number of amides is 2. The Labute approximate surface area is 208 Å². The molecule has 0 unspecified atom stereocenters. The molecule has 1 aromatic heterocycles. The third-order valence-electron chi connectivity index (χ3n) is 6.76. The van der Waals surface area contributed by atoms with Crippen LogP contribution in [0.2, 0.25) is 0 Å². The second kappa shape index (κ2) is 8.92. The molecule has 1 fully saturated rings. The van der Waals surface area contributed by atoms with Gasteiger partial charge in [0.2, 0.25) is 0 Å². The van der Waals surface area contributed by atoms with Gasteiger partial charge in [0.05, 0.1) is 16.8 Å². The molecule has 2 aliphatic heterocycles. The van der Waals surface area contributed by atoms with Gasteiger partial charge in [0.15, 0.2) is 11.5 Å². The number of aromatic nitrogens is 2. The number of anilines is 2. The Bertz CT molecular complexity index is 1490. The van der Waals surface area contributed by atoms with Crippen molar-refractivity contribution in [3.63, 3.8) is 0 Å². The summed E-state index contributed by atoms with van der Waals surface area (Å²) in [4.78, 5) is 49.5. The van der Waals surface area contributed by atoms with Gasteiger partial charge in [0.1, 0.15) is 5.82 Å². The van der Waals surface area contributed by atoms with E-state index in [1.807, 2.05) is 65.6 Å². The monoisotopic (exact) mass is 476 g/mol. The molecule has 0 radical (unpaired) electrons. The van der Waals surface area contributed by atoms with Crippen LogP contribution in [0.3, 0.4) is 0 Å². The Kier molecular flexibility index (Phi) is 5.45. The standard InChI is InChI=1S/C29H24N4O3/c34-27-22-16-8-9-17-23(22)28(35)33(27)24-26(31-18-10-3-11-19-31)30-25(20-12-4-1-5-13-20)32(29(24)36)21-14-6-2-7-15-21/h1-2,4-9,12-17H,3,10-11,18-19H2. The van der Waals surface area contributed by atoms with Crippen LogP contribution in [-0.2, 0) is 0 Å². The second-order valence-electron chi connectivity index (χ2n) is 8.99. The van der Waals surface area contributed by atoms with Crippen LogP contribution >= 0.6 is 0 Å². The molecule has 7 nitrogen and oxygen atoms in total. The normalized spacial score (nSPS) is 15.3. The molecular weight excluding hydrogens is 452 g/mol. The summed E-state index contributed by atoms with van der Waals surface area (Å²) in [5.74, 6) is -0.160. The lowest BCUT2D eigenvalue weighted by Crippen LogP contribution is -2.41. The summed E-state index contributed by atoms with van der Waals surface area (Å²) in [5.41, 5.74) is 1.52. The van der Waals surface area contributed by atoms with Gasteiger partial charge in [-0.05, 0) is 43.5 Å². The summed E-state index contributed by atoms with van der Waals surface area (Å²) in [6, 6.07) is 25.4. The number of nitrogens with zero attached hydrogens (tertiary/aromatic N) is 4. The van der Waals surface area contributed by atoms with Crippen molar-refractivity contribution in [2.24, 2.45) is 0 Å². The molecule has 0 spiro atoms.